The zero-order valence-electron chi connectivity index (χ0n) is 14.3. The number of ether oxygens (including phenoxy) is 1. The van der Waals surface area contributed by atoms with Crippen molar-refractivity contribution in [1.29, 1.82) is 0 Å². The lowest BCUT2D eigenvalue weighted by Crippen LogP contribution is -2.44. The van der Waals surface area contributed by atoms with Crippen LogP contribution in [0.2, 0.25) is 5.15 Å². The van der Waals surface area contributed by atoms with E-state index in [9.17, 15) is 9.59 Å². The van der Waals surface area contributed by atoms with Crippen LogP contribution in [-0.2, 0) is 21.4 Å². The number of hydrogen-bond donors (Lipinski definition) is 0. The third-order valence-corrected chi connectivity index (χ3v) is 4.27. The topological polar surface area (TPSA) is 67.7 Å². The quantitative estimate of drug-likeness (QED) is 0.577. The van der Waals surface area contributed by atoms with Crippen molar-refractivity contribution < 1.29 is 14.3 Å². The Morgan fingerprint density at radius 3 is 2.67 bits per heavy atom. The van der Waals surface area contributed by atoms with Crippen LogP contribution >= 0.6 is 11.6 Å². The molecule has 0 N–H and O–H groups in total. The van der Waals surface area contributed by atoms with Gasteiger partial charge in [0, 0.05) is 38.4 Å². The lowest BCUT2D eigenvalue weighted by atomic mass is 10.2. The lowest BCUT2D eigenvalue weighted by molar-refractivity contribution is -0.155. The maximum atomic E-state index is 12.4. The zero-order chi connectivity index (χ0) is 17.7. The third kappa shape index (κ3) is 4.15. The van der Waals surface area contributed by atoms with Crippen molar-refractivity contribution in [3.8, 4) is 0 Å². The van der Waals surface area contributed by atoms with Crippen LogP contribution in [0.3, 0.4) is 0 Å². The maximum absolute atomic E-state index is 12.4. The highest BCUT2D eigenvalue weighted by atomic mass is 35.5. The van der Waals surface area contributed by atoms with Gasteiger partial charge in [-0.05, 0) is 26.3 Å². The first-order valence-corrected chi connectivity index (χ1v) is 8.40. The Morgan fingerprint density at radius 2 is 2.04 bits per heavy atom. The Labute approximate surface area is 146 Å². The molecule has 0 bridgehead atoms. The van der Waals surface area contributed by atoms with Gasteiger partial charge in [0.2, 0.25) is 5.91 Å². The number of carbonyl (C=O) groups excluding carboxylic acids is 2. The molecule has 0 saturated carbocycles. The first-order valence-electron chi connectivity index (χ1n) is 8.02. The standard InChI is InChI=1S/C16H23ClN4O3/c1-4-24-11-8-15(23)21-10-5-9-20(21)14(22)7-6-13-12(2)18-19(3)16(13)17/h6-7H,4-5,8-11H2,1-3H3. The second kappa shape index (κ2) is 8.30. The molecule has 2 amide bonds. The van der Waals surface area contributed by atoms with Crippen molar-refractivity contribution in [3.05, 3.63) is 22.5 Å². The van der Waals surface area contributed by atoms with Gasteiger partial charge in [-0.1, -0.05) is 11.6 Å². The summed E-state index contributed by atoms with van der Waals surface area (Å²) in [7, 11) is 1.74. The number of hydrogen-bond acceptors (Lipinski definition) is 4. The number of halogens is 1. The van der Waals surface area contributed by atoms with E-state index < -0.39 is 0 Å². The number of rotatable bonds is 6. The highest BCUT2D eigenvalue weighted by Gasteiger charge is 2.29. The van der Waals surface area contributed by atoms with Gasteiger partial charge in [-0.25, -0.2) is 5.01 Å². The first-order chi connectivity index (χ1) is 11.5. The molecular formula is C16H23ClN4O3. The van der Waals surface area contributed by atoms with Crippen LogP contribution < -0.4 is 0 Å². The molecule has 0 spiro atoms. The predicted octanol–water partition coefficient (Wildman–Crippen LogP) is 1.80. The van der Waals surface area contributed by atoms with Crippen molar-refractivity contribution in [2.24, 2.45) is 7.05 Å². The molecule has 1 aliphatic heterocycles. The number of amides is 2. The molecule has 1 aromatic heterocycles. The second-order valence-corrected chi connectivity index (χ2v) is 5.88. The third-order valence-electron chi connectivity index (χ3n) is 3.83. The molecule has 132 valence electrons. The van der Waals surface area contributed by atoms with E-state index in [4.69, 9.17) is 16.3 Å². The lowest BCUT2D eigenvalue weighted by Gasteiger charge is -2.26. The minimum Gasteiger partial charge on any atom is -0.381 e. The van der Waals surface area contributed by atoms with Crippen LogP contribution in [0, 0.1) is 6.92 Å². The highest BCUT2D eigenvalue weighted by molar-refractivity contribution is 6.31. The van der Waals surface area contributed by atoms with Crippen LogP contribution in [0.4, 0.5) is 0 Å². The summed E-state index contributed by atoms with van der Waals surface area (Å²) < 4.78 is 6.76. The van der Waals surface area contributed by atoms with Crippen LogP contribution in [0.5, 0.6) is 0 Å². The van der Waals surface area contributed by atoms with Gasteiger partial charge in [0.05, 0.1) is 18.7 Å². The number of hydrazine groups is 1. The van der Waals surface area contributed by atoms with Gasteiger partial charge in [0.25, 0.3) is 5.91 Å². The Balaban J connectivity index is 2.02. The van der Waals surface area contributed by atoms with Crippen LogP contribution in [0.15, 0.2) is 6.08 Å². The number of carbonyl (C=O) groups is 2. The highest BCUT2D eigenvalue weighted by Crippen LogP contribution is 2.20. The Hall–Kier alpha value is -1.86. The Bertz CT molecular complexity index is 642. The van der Waals surface area contributed by atoms with Gasteiger partial charge < -0.3 is 4.74 Å². The molecule has 24 heavy (non-hydrogen) atoms. The largest absolute Gasteiger partial charge is 0.381 e. The van der Waals surface area contributed by atoms with Crippen LogP contribution in [0.1, 0.15) is 31.0 Å². The minimum absolute atomic E-state index is 0.0988. The fraction of sp³-hybridized carbons (Fsp3) is 0.562. The van der Waals surface area contributed by atoms with E-state index in [0.29, 0.717) is 37.0 Å². The van der Waals surface area contributed by atoms with E-state index >= 15 is 0 Å². The van der Waals surface area contributed by atoms with Crippen molar-refractivity contribution >= 4 is 29.5 Å². The maximum Gasteiger partial charge on any atom is 0.265 e. The predicted molar refractivity (Wildman–Crippen MR) is 91.1 cm³/mol. The summed E-state index contributed by atoms with van der Waals surface area (Å²) in [5, 5.41) is 7.66. The second-order valence-electron chi connectivity index (χ2n) is 5.53. The molecule has 0 radical (unpaired) electrons. The number of aryl methyl sites for hydroxylation is 2. The molecule has 8 heteroatoms. The normalized spacial score (nSPS) is 14.8. The molecule has 1 saturated heterocycles. The summed E-state index contributed by atoms with van der Waals surface area (Å²) in [6, 6.07) is 0. The van der Waals surface area contributed by atoms with Crippen molar-refractivity contribution in [1.82, 2.24) is 19.8 Å². The molecule has 2 rings (SSSR count). The number of aromatic nitrogens is 2. The molecular weight excluding hydrogens is 332 g/mol. The van der Waals surface area contributed by atoms with E-state index in [1.54, 1.807) is 17.8 Å². The summed E-state index contributed by atoms with van der Waals surface area (Å²) in [6.45, 7) is 5.74. The number of nitrogens with zero attached hydrogens (tertiary/aromatic N) is 4. The van der Waals surface area contributed by atoms with E-state index in [-0.39, 0.29) is 18.2 Å². The monoisotopic (exact) mass is 354 g/mol. The molecule has 1 fully saturated rings. The van der Waals surface area contributed by atoms with Gasteiger partial charge in [-0.3, -0.25) is 19.3 Å². The zero-order valence-corrected chi connectivity index (χ0v) is 15.0. The van der Waals surface area contributed by atoms with E-state index in [1.807, 2.05) is 13.8 Å². The molecule has 0 aromatic carbocycles. The summed E-state index contributed by atoms with van der Waals surface area (Å²) in [6.07, 6.45) is 4.12. The molecule has 0 unspecified atom stereocenters. The summed E-state index contributed by atoms with van der Waals surface area (Å²) in [5.41, 5.74) is 1.46. The van der Waals surface area contributed by atoms with Crippen LogP contribution in [0.25, 0.3) is 6.08 Å². The van der Waals surface area contributed by atoms with E-state index in [1.165, 1.54) is 16.1 Å². The first kappa shape index (κ1) is 18.5. The molecule has 1 aromatic rings. The van der Waals surface area contributed by atoms with Gasteiger partial charge in [0.15, 0.2) is 0 Å². The molecule has 7 nitrogen and oxygen atoms in total. The van der Waals surface area contributed by atoms with E-state index in [0.717, 1.165) is 12.1 Å². The summed E-state index contributed by atoms with van der Waals surface area (Å²) in [5.74, 6) is -0.338. The average molecular weight is 355 g/mol. The Morgan fingerprint density at radius 1 is 1.33 bits per heavy atom. The molecule has 0 aliphatic carbocycles. The van der Waals surface area contributed by atoms with Gasteiger partial charge in [-0.2, -0.15) is 5.10 Å². The molecule has 0 atom stereocenters. The SMILES string of the molecule is CCOCCC(=O)N1CCCN1C(=O)C=Cc1c(C)nn(C)c1Cl. The molecule has 1 aliphatic rings. The van der Waals surface area contributed by atoms with Gasteiger partial charge >= 0.3 is 0 Å². The fourth-order valence-electron chi connectivity index (χ4n) is 2.61. The summed E-state index contributed by atoms with van der Waals surface area (Å²) >= 11 is 6.15. The van der Waals surface area contributed by atoms with Crippen molar-refractivity contribution in [2.75, 3.05) is 26.3 Å². The van der Waals surface area contributed by atoms with E-state index in [2.05, 4.69) is 5.10 Å². The minimum atomic E-state index is -0.239. The van der Waals surface area contributed by atoms with Crippen LogP contribution in [-0.4, -0.2) is 57.9 Å². The molecule has 2 heterocycles. The Kier molecular flexibility index (Phi) is 6.39. The average Bonchev–Trinajstić information content (AvgIpc) is 3.12. The van der Waals surface area contributed by atoms with Crippen molar-refractivity contribution in [3.63, 3.8) is 0 Å². The van der Waals surface area contributed by atoms with Crippen molar-refractivity contribution in [2.45, 2.75) is 26.7 Å². The smallest absolute Gasteiger partial charge is 0.265 e. The van der Waals surface area contributed by atoms with Gasteiger partial charge in [0.1, 0.15) is 5.15 Å². The van der Waals surface area contributed by atoms with Gasteiger partial charge in [-0.15, -0.1) is 0 Å². The summed E-state index contributed by atoms with van der Waals surface area (Å²) in [4.78, 5) is 24.7. The fourth-order valence-corrected chi connectivity index (χ4v) is 2.85.